The van der Waals surface area contributed by atoms with Gasteiger partial charge in [0, 0.05) is 16.2 Å². The number of para-hydroxylation sites is 1. The first-order valence-corrected chi connectivity index (χ1v) is 8.52. The fourth-order valence-corrected chi connectivity index (χ4v) is 4.26. The number of carbonyl (C=O) groups excluding carboxylic acids is 1. The van der Waals surface area contributed by atoms with Crippen LogP contribution < -0.4 is 11.1 Å². The molecule has 0 bridgehead atoms. The summed E-state index contributed by atoms with van der Waals surface area (Å²) in [4.78, 5) is 13.5. The SMILES string of the molecule is NC1COCC1C(=O)Nc1ccccc1SC1CCCC1. The Morgan fingerprint density at radius 1 is 1.24 bits per heavy atom. The first-order valence-electron chi connectivity index (χ1n) is 7.64. The van der Waals surface area contributed by atoms with Crippen molar-refractivity contribution >= 4 is 23.4 Å². The number of ether oxygens (including phenoxy) is 1. The quantitative estimate of drug-likeness (QED) is 0.897. The van der Waals surface area contributed by atoms with Gasteiger partial charge >= 0.3 is 0 Å². The van der Waals surface area contributed by atoms with Crippen LogP contribution in [0.3, 0.4) is 0 Å². The highest BCUT2D eigenvalue weighted by Crippen LogP contribution is 2.38. The first-order chi connectivity index (χ1) is 10.2. The van der Waals surface area contributed by atoms with E-state index >= 15 is 0 Å². The smallest absolute Gasteiger partial charge is 0.231 e. The molecule has 2 atom stereocenters. The molecule has 3 rings (SSSR count). The van der Waals surface area contributed by atoms with Crippen LogP contribution in [0.5, 0.6) is 0 Å². The second kappa shape index (κ2) is 6.81. The van der Waals surface area contributed by atoms with E-state index in [-0.39, 0.29) is 17.9 Å². The van der Waals surface area contributed by atoms with Crippen LogP contribution in [-0.4, -0.2) is 30.4 Å². The second-order valence-electron chi connectivity index (χ2n) is 5.82. The lowest BCUT2D eigenvalue weighted by molar-refractivity contribution is -0.120. The normalized spacial score (nSPS) is 26.1. The van der Waals surface area contributed by atoms with E-state index in [9.17, 15) is 4.79 Å². The van der Waals surface area contributed by atoms with Crippen molar-refractivity contribution in [3.05, 3.63) is 24.3 Å². The standard InChI is InChI=1S/C16H22N2O2S/c17-13-10-20-9-12(13)16(19)18-14-7-3-4-8-15(14)21-11-5-1-2-6-11/h3-4,7-8,11-13H,1-2,5-6,9-10,17H2,(H,18,19). The van der Waals surface area contributed by atoms with Crippen molar-refractivity contribution in [3.63, 3.8) is 0 Å². The van der Waals surface area contributed by atoms with Gasteiger partial charge in [0.2, 0.25) is 5.91 Å². The highest BCUT2D eigenvalue weighted by Gasteiger charge is 2.31. The molecule has 1 saturated heterocycles. The molecule has 21 heavy (non-hydrogen) atoms. The van der Waals surface area contributed by atoms with Crippen molar-refractivity contribution in [3.8, 4) is 0 Å². The molecular formula is C16H22N2O2S. The van der Waals surface area contributed by atoms with E-state index in [0.717, 1.165) is 10.6 Å². The summed E-state index contributed by atoms with van der Waals surface area (Å²) < 4.78 is 5.28. The summed E-state index contributed by atoms with van der Waals surface area (Å²) in [6, 6.07) is 7.84. The van der Waals surface area contributed by atoms with Crippen LogP contribution in [0.25, 0.3) is 0 Å². The van der Waals surface area contributed by atoms with Crippen LogP contribution in [0.15, 0.2) is 29.2 Å². The van der Waals surface area contributed by atoms with Gasteiger partial charge in [-0.2, -0.15) is 0 Å². The second-order valence-corrected chi connectivity index (χ2v) is 7.16. The molecule has 1 amide bonds. The van der Waals surface area contributed by atoms with Gasteiger partial charge in [0.05, 0.1) is 24.8 Å². The summed E-state index contributed by atoms with van der Waals surface area (Å²) in [5.41, 5.74) is 6.81. The summed E-state index contributed by atoms with van der Waals surface area (Å²) in [5.74, 6) is -0.269. The van der Waals surface area contributed by atoms with Crippen molar-refractivity contribution < 1.29 is 9.53 Å². The van der Waals surface area contributed by atoms with E-state index in [1.807, 2.05) is 30.0 Å². The number of benzene rings is 1. The molecule has 3 N–H and O–H groups in total. The Kier molecular flexibility index (Phi) is 4.83. The third-order valence-corrected chi connectivity index (χ3v) is 5.62. The fraction of sp³-hybridized carbons (Fsp3) is 0.562. The minimum absolute atomic E-state index is 0.0283. The Hall–Kier alpha value is -1.04. The van der Waals surface area contributed by atoms with Gasteiger partial charge in [-0.15, -0.1) is 11.8 Å². The van der Waals surface area contributed by atoms with Gasteiger partial charge in [-0.05, 0) is 25.0 Å². The lowest BCUT2D eigenvalue weighted by Gasteiger charge is -2.17. The van der Waals surface area contributed by atoms with Gasteiger partial charge in [0.1, 0.15) is 0 Å². The average Bonchev–Trinajstić information content (AvgIpc) is 3.12. The Balaban J connectivity index is 1.68. The summed E-state index contributed by atoms with van der Waals surface area (Å²) in [6.45, 7) is 0.890. The number of carbonyl (C=O) groups is 1. The third kappa shape index (κ3) is 3.59. The minimum Gasteiger partial charge on any atom is -0.379 e. The molecule has 2 aliphatic rings. The maximum absolute atomic E-state index is 12.3. The molecular weight excluding hydrogens is 284 g/mol. The first kappa shape index (κ1) is 14.9. The molecule has 5 heteroatoms. The molecule has 1 saturated carbocycles. The van der Waals surface area contributed by atoms with Crippen LogP contribution in [0, 0.1) is 5.92 Å². The highest BCUT2D eigenvalue weighted by atomic mass is 32.2. The maximum Gasteiger partial charge on any atom is 0.231 e. The Bertz CT molecular complexity index is 503. The van der Waals surface area contributed by atoms with E-state index in [2.05, 4.69) is 11.4 Å². The predicted molar refractivity (Wildman–Crippen MR) is 85.5 cm³/mol. The van der Waals surface area contributed by atoms with Gasteiger partial charge in [0.25, 0.3) is 0 Å². The summed E-state index contributed by atoms with van der Waals surface area (Å²) in [5, 5.41) is 3.72. The maximum atomic E-state index is 12.3. The Labute approximate surface area is 129 Å². The van der Waals surface area contributed by atoms with Crippen molar-refractivity contribution in [2.45, 2.75) is 41.9 Å². The molecule has 1 aromatic carbocycles. The van der Waals surface area contributed by atoms with Gasteiger partial charge < -0.3 is 15.8 Å². The molecule has 1 aliphatic carbocycles. The van der Waals surface area contributed by atoms with Crippen LogP contribution in [0.1, 0.15) is 25.7 Å². The molecule has 0 radical (unpaired) electrons. The van der Waals surface area contributed by atoms with Gasteiger partial charge in [0.15, 0.2) is 0 Å². The summed E-state index contributed by atoms with van der Waals surface area (Å²) in [6.07, 6.45) is 5.18. The number of anilines is 1. The molecule has 2 fully saturated rings. The molecule has 1 heterocycles. The number of hydrogen-bond acceptors (Lipinski definition) is 4. The van der Waals surface area contributed by atoms with E-state index in [1.165, 1.54) is 25.7 Å². The lowest BCUT2D eigenvalue weighted by atomic mass is 10.0. The number of amides is 1. The third-order valence-electron chi connectivity index (χ3n) is 4.20. The zero-order valence-corrected chi connectivity index (χ0v) is 12.9. The number of rotatable bonds is 4. The van der Waals surface area contributed by atoms with Crippen LogP contribution in [0.4, 0.5) is 5.69 Å². The molecule has 0 aromatic heterocycles. The van der Waals surface area contributed by atoms with Crippen molar-refractivity contribution in [2.75, 3.05) is 18.5 Å². The van der Waals surface area contributed by atoms with Crippen molar-refractivity contribution in [1.82, 2.24) is 0 Å². The van der Waals surface area contributed by atoms with Gasteiger partial charge in [-0.1, -0.05) is 25.0 Å². The fourth-order valence-electron chi connectivity index (χ4n) is 2.92. The molecule has 1 aromatic rings. The summed E-state index contributed by atoms with van der Waals surface area (Å²) in [7, 11) is 0. The van der Waals surface area contributed by atoms with Crippen molar-refractivity contribution in [2.24, 2.45) is 11.7 Å². The topological polar surface area (TPSA) is 64.3 Å². The van der Waals surface area contributed by atoms with E-state index in [4.69, 9.17) is 10.5 Å². The van der Waals surface area contributed by atoms with E-state index in [0.29, 0.717) is 18.5 Å². The number of nitrogens with one attached hydrogen (secondary N) is 1. The number of hydrogen-bond donors (Lipinski definition) is 2. The van der Waals surface area contributed by atoms with E-state index < -0.39 is 0 Å². The molecule has 4 nitrogen and oxygen atoms in total. The van der Waals surface area contributed by atoms with Crippen molar-refractivity contribution in [1.29, 1.82) is 0 Å². The van der Waals surface area contributed by atoms with Gasteiger partial charge in [-0.3, -0.25) is 4.79 Å². The highest BCUT2D eigenvalue weighted by molar-refractivity contribution is 8.00. The average molecular weight is 306 g/mol. The molecule has 2 unspecified atom stereocenters. The van der Waals surface area contributed by atoms with Gasteiger partial charge in [-0.25, -0.2) is 0 Å². The number of thioether (sulfide) groups is 1. The Morgan fingerprint density at radius 3 is 2.71 bits per heavy atom. The largest absolute Gasteiger partial charge is 0.379 e. The molecule has 0 spiro atoms. The van der Waals surface area contributed by atoms with E-state index in [1.54, 1.807) is 0 Å². The summed E-state index contributed by atoms with van der Waals surface area (Å²) >= 11 is 1.89. The zero-order chi connectivity index (χ0) is 14.7. The molecule has 114 valence electrons. The van der Waals surface area contributed by atoms with Crippen LogP contribution >= 0.6 is 11.8 Å². The van der Waals surface area contributed by atoms with Crippen LogP contribution in [-0.2, 0) is 9.53 Å². The monoisotopic (exact) mass is 306 g/mol. The minimum atomic E-state index is -0.241. The zero-order valence-electron chi connectivity index (χ0n) is 12.1. The van der Waals surface area contributed by atoms with Crippen LogP contribution in [0.2, 0.25) is 0 Å². The lowest BCUT2D eigenvalue weighted by Crippen LogP contribution is -2.37. The molecule has 1 aliphatic heterocycles. The predicted octanol–water partition coefficient (Wildman–Crippen LogP) is 2.63. The Morgan fingerprint density at radius 2 is 2.00 bits per heavy atom. The number of nitrogens with two attached hydrogens (primary N) is 1.